The quantitative estimate of drug-likeness (QED) is 0.767. The van der Waals surface area contributed by atoms with Crippen molar-refractivity contribution in [2.75, 3.05) is 20.6 Å². The third kappa shape index (κ3) is 5.72. The number of amides is 1. The fraction of sp³-hybridized carbons (Fsp3) is 0.643. The molecule has 108 valence electrons. The first-order chi connectivity index (χ1) is 9.04. The third-order valence-corrected chi connectivity index (χ3v) is 4.07. The first-order valence-electron chi connectivity index (χ1n) is 6.76. The van der Waals surface area contributed by atoms with Crippen LogP contribution in [0.3, 0.4) is 0 Å². The Labute approximate surface area is 120 Å². The van der Waals surface area contributed by atoms with E-state index in [0.29, 0.717) is 13.0 Å². The third-order valence-electron chi connectivity index (χ3n) is 3.09. The van der Waals surface area contributed by atoms with Crippen molar-refractivity contribution < 1.29 is 4.79 Å². The molecule has 0 aliphatic rings. The topological polar surface area (TPSA) is 58.4 Å². The Balaban J connectivity index is 2.42. The molecule has 0 saturated heterocycles. The Morgan fingerprint density at radius 3 is 2.79 bits per heavy atom. The van der Waals surface area contributed by atoms with Crippen LogP contribution in [0.15, 0.2) is 17.5 Å². The Morgan fingerprint density at radius 1 is 1.53 bits per heavy atom. The summed E-state index contributed by atoms with van der Waals surface area (Å²) in [6, 6.07) is 4.34. The molecule has 19 heavy (non-hydrogen) atoms. The normalized spacial score (nSPS) is 14.4. The molecule has 0 saturated carbocycles. The van der Waals surface area contributed by atoms with Gasteiger partial charge in [-0.3, -0.25) is 4.79 Å². The standard InChI is InChI=1S/C14H25N3OS/c1-4-6-11(15)9-14(18)16-10-12(17(2)3)13-7-5-8-19-13/h5,7-8,11-12H,4,6,9-10,15H2,1-3H3,(H,16,18). The van der Waals surface area contributed by atoms with Gasteiger partial charge in [-0.25, -0.2) is 0 Å². The molecule has 3 N–H and O–H groups in total. The second kappa shape index (κ2) is 8.30. The van der Waals surface area contributed by atoms with Crippen molar-refractivity contribution in [3.8, 4) is 0 Å². The maximum absolute atomic E-state index is 11.8. The summed E-state index contributed by atoms with van der Waals surface area (Å²) in [5, 5.41) is 5.05. The van der Waals surface area contributed by atoms with Crippen LogP contribution in [0.5, 0.6) is 0 Å². The van der Waals surface area contributed by atoms with Crippen LogP contribution in [0, 0.1) is 0 Å². The summed E-state index contributed by atoms with van der Waals surface area (Å²) in [6.45, 7) is 2.71. The van der Waals surface area contributed by atoms with Gasteiger partial charge in [0.15, 0.2) is 0 Å². The van der Waals surface area contributed by atoms with Gasteiger partial charge < -0.3 is 16.0 Å². The summed E-state index contributed by atoms with van der Waals surface area (Å²) in [4.78, 5) is 15.2. The highest BCUT2D eigenvalue weighted by molar-refractivity contribution is 7.10. The summed E-state index contributed by atoms with van der Waals surface area (Å²) in [7, 11) is 4.05. The maximum atomic E-state index is 11.8. The van der Waals surface area contributed by atoms with Crippen molar-refractivity contribution in [3.63, 3.8) is 0 Å². The van der Waals surface area contributed by atoms with E-state index in [0.717, 1.165) is 12.8 Å². The lowest BCUT2D eigenvalue weighted by Gasteiger charge is -2.23. The van der Waals surface area contributed by atoms with Gasteiger partial charge in [0.25, 0.3) is 0 Å². The number of thiophene rings is 1. The molecule has 1 amide bonds. The van der Waals surface area contributed by atoms with Gasteiger partial charge in [0.2, 0.25) is 5.91 Å². The molecule has 1 aromatic rings. The van der Waals surface area contributed by atoms with Gasteiger partial charge in [-0.15, -0.1) is 11.3 Å². The summed E-state index contributed by atoms with van der Waals surface area (Å²) >= 11 is 1.72. The maximum Gasteiger partial charge on any atom is 0.221 e. The monoisotopic (exact) mass is 283 g/mol. The van der Waals surface area contributed by atoms with E-state index >= 15 is 0 Å². The van der Waals surface area contributed by atoms with Crippen LogP contribution in [0.2, 0.25) is 0 Å². The molecule has 0 radical (unpaired) electrons. The van der Waals surface area contributed by atoms with Crippen LogP contribution in [0.1, 0.15) is 37.1 Å². The van der Waals surface area contributed by atoms with Gasteiger partial charge in [-0.05, 0) is 32.0 Å². The minimum absolute atomic E-state index is 0.0236. The summed E-state index contributed by atoms with van der Waals surface area (Å²) in [5.74, 6) is 0.0457. The average molecular weight is 283 g/mol. The van der Waals surface area contributed by atoms with Crippen molar-refractivity contribution in [1.29, 1.82) is 0 Å². The zero-order chi connectivity index (χ0) is 14.3. The van der Waals surface area contributed by atoms with Crippen LogP contribution in [0.4, 0.5) is 0 Å². The van der Waals surface area contributed by atoms with E-state index in [2.05, 4.69) is 28.6 Å². The Morgan fingerprint density at radius 2 is 2.26 bits per heavy atom. The van der Waals surface area contributed by atoms with Gasteiger partial charge in [0.05, 0.1) is 6.04 Å². The minimum atomic E-state index is -0.0236. The molecule has 0 aliphatic carbocycles. The van der Waals surface area contributed by atoms with Crippen molar-refractivity contribution in [1.82, 2.24) is 10.2 Å². The van der Waals surface area contributed by atoms with Gasteiger partial charge in [-0.2, -0.15) is 0 Å². The van der Waals surface area contributed by atoms with Crippen molar-refractivity contribution in [2.24, 2.45) is 5.73 Å². The molecular weight excluding hydrogens is 258 g/mol. The second-order valence-corrected chi connectivity index (χ2v) is 6.03. The van der Waals surface area contributed by atoms with Crippen LogP contribution >= 0.6 is 11.3 Å². The smallest absolute Gasteiger partial charge is 0.221 e. The predicted molar refractivity (Wildman–Crippen MR) is 81.3 cm³/mol. The Hall–Kier alpha value is -0.910. The first kappa shape index (κ1) is 16.1. The molecule has 0 aromatic carbocycles. The summed E-state index contributed by atoms with van der Waals surface area (Å²) < 4.78 is 0. The first-order valence-corrected chi connectivity index (χ1v) is 7.64. The van der Waals surface area contributed by atoms with Gasteiger partial charge in [-0.1, -0.05) is 19.4 Å². The molecule has 1 rings (SSSR count). The van der Waals surface area contributed by atoms with Gasteiger partial charge >= 0.3 is 0 Å². The van der Waals surface area contributed by atoms with E-state index in [1.165, 1.54) is 4.88 Å². The van der Waals surface area contributed by atoms with Gasteiger partial charge in [0, 0.05) is 23.9 Å². The SMILES string of the molecule is CCCC(N)CC(=O)NCC(c1cccs1)N(C)C. The molecule has 2 atom stereocenters. The lowest BCUT2D eigenvalue weighted by atomic mass is 10.1. The zero-order valence-corrected chi connectivity index (χ0v) is 12.9. The molecule has 0 spiro atoms. The molecule has 0 fully saturated rings. The number of hydrogen-bond acceptors (Lipinski definition) is 4. The highest BCUT2D eigenvalue weighted by Gasteiger charge is 2.16. The largest absolute Gasteiger partial charge is 0.354 e. The molecule has 1 aromatic heterocycles. The number of likely N-dealkylation sites (N-methyl/N-ethyl adjacent to an activating group) is 1. The molecule has 0 bridgehead atoms. The van der Waals surface area contributed by atoms with E-state index in [1.54, 1.807) is 11.3 Å². The average Bonchev–Trinajstić information content (AvgIpc) is 2.82. The van der Waals surface area contributed by atoms with Crippen molar-refractivity contribution in [3.05, 3.63) is 22.4 Å². The van der Waals surface area contributed by atoms with Crippen LogP contribution in [-0.4, -0.2) is 37.5 Å². The Kier molecular flexibility index (Phi) is 7.05. The van der Waals surface area contributed by atoms with Gasteiger partial charge in [0.1, 0.15) is 0 Å². The van der Waals surface area contributed by atoms with Crippen LogP contribution in [0.25, 0.3) is 0 Å². The summed E-state index contributed by atoms with van der Waals surface area (Å²) in [6.07, 6.45) is 2.33. The fourth-order valence-corrected chi connectivity index (χ4v) is 2.93. The molecule has 2 unspecified atom stereocenters. The number of carbonyl (C=O) groups is 1. The number of nitrogens with one attached hydrogen (secondary N) is 1. The van der Waals surface area contributed by atoms with Crippen LogP contribution in [-0.2, 0) is 4.79 Å². The highest BCUT2D eigenvalue weighted by Crippen LogP contribution is 2.22. The number of hydrogen-bond donors (Lipinski definition) is 2. The number of carbonyl (C=O) groups excluding carboxylic acids is 1. The number of nitrogens with zero attached hydrogens (tertiary/aromatic N) is 1. The molecule has 4 nitrogen and oxygen atoms in total. The number of nitrogens with two attached hydrogens (primary N) is 1. The predicted octanol–water partition coefficient (Wildman–Crippen LogP) is 1.98. The highest BCUT2D eigenvalue weighted by atomic mass is 32.1. The summed E-state index contributed by atoms with van der Waals surface area (Å²) in [5.41, 5.74) is 5.88. The molecule has 0 aliphatic heterocycles. The van der Waals surface area contributed by atoms with E-state index in [-0.39, 0.29) is 18.0 Å². The van der Waals surface area contributed by atoms with Crippen LogP contribution < -0.4 is 11.1 Å². The second-order valence-electron chi connectivity index (χ2n) is 5.05. The molecule has 1 heterocycles. The van der Waals surface area contributed by atoms with E-state index in [1.807, 2.05) is 20.2 Å². The lowest BCUT2D eigenvalue weighted by molar-refractivity contribution is -0.121. The zero-order valence-electron chi connectivity index (χ0n) is 12.1. The van der Waals surface area contributed by atoms with Crippen molar-refractivity contribution >= 4 is 17.2 Å². The Bertz CT molecular complexity index is 365. The molecular formula is C14H25N3OS. The minimum Gasteiger partial charge on any atom is -0.354 e. The van der Waals surface area contributed by atoms with E-state index in [9.17, 15) is 4.79 Å². The van der Waals surface area contributed by atoms with E-state index in [4.69, 9.17) is 5.73 Å². The number of rotatable bonds is 8. The molecule has 5 heteroatoms. The fourth-order valence-electron chi connectivity index (χ4n) is 2.01. The van der Waals surface area contributed by atoms with Crippen molar-refractivity contribution in [2.45, 2.75) is 38.3 Å². The van der Waals surface area contributed by atoms with E-state index < -0.39 is 0 Å². The lowest BCUT2D eigenvalue weighted by Crippen LogP contribution is -2.37.